The summed E-state index contributed by atoms with van der Waals surface area (Å²) >= 11 is 0. The van der Waals surface area contributed by atoms with Crippen LogP contribution >= 0.6 is 0 Å². The van der Waals surface area contributed by atoms with Crippen molar-refractivity contribution in [2.24, 2.45) is 0 Å². The van der Waals surface area contributed by atoms with E-state index in [1.165, 1.54) is 0 Å². The maximum atomic E-state index is 12.0. The van der Waals surface area contributed by atoms with Gasteiger partial charge in [0.15, 0.2) is 18.1 Å². The van der Waals surface area contributed by atoms with E-state index in [9.17, 15) is 4.79 Å². The highest BCUT2D eigenvalue weighted by molar-refractivity contribution is 5.77. The second-order valence-corrected chi connectivity index (χ2v) is 5.85. The summed E-state index contributed by atoms with van der Waals surface area (Å²) in [4.78, 5) is 12.0. The van der Waals surface area contributed by atoms with Crippen LogP contribution in [0.2, 0.25) is 0 Å². The zero-order chi connectivity index (χ0) is 18.4. The molecule has 0 saturated heterocycles. The summed E-state index contributed by atoms with van der Waals surface area (Å²) in [5, 5.41) is 7.13. The molecule has 2 aromatic carbocycles. The predicted molar refractivity (Wildman–Crippen MR) is 98.6 cm³/mol. The third-order valence-corrected chi connectivity index (χ3v) is 3.82. The van der Waals surface area contributed by atoms with Gasteiger partial charge in [0.1, 0.15) is 0 Å². The van der Waals surface area contributed by atoms with Gasteiger partial charge in [0.25, 0.3) is 5.91 Å². The van der Waals surface area contributed by atoms with Gasteiger partial charge in [-0.15, -0.1) is 0 Å². The van der Waals surface area contributed by atoms with Crippen LogP contribution < -0.4 is 14.8 Å². The lowest BCUT2D eigenvalue weighted by molar-refractivity contribution is -0.123. The van der Waals surface area contributed by atoms with Gasteiger partial charge in [-0.05, 0) is 36.8 Å². The molecule has 6 heteroatoms. The van der Waals surface area contributed by atoms with Gasteiger partial charge in [-0.3, -0.25) is 4.79 Å². The molecule has 1 aromatic heterocycles. The van der Waals surface area contributed by atoms with Crippen LogP contribution in [0.15, 0.2) is 60.9 Å². The number of benzene rings is 2. The molecule has 0 atom stereocenters. The lowest BCUT2D eigenvalue weighted by Crippen LogP contribution is -2.28. The fourth-order valence-electron chi connectivity index (χ4n) is 2.46. The number of aromatic nitrogens is 2. The maximum Gasteiger partial charge on any atom is 0.258 e. The molecular weight excluding hydrogens is 330 g/mol. The smallest absolute Gasteiger partial charge is 0.258 e. The Morgan fingerprint density at radius 3 is 2.73 bits per heavy atom. The fourth-order valence-corrected chi connectivity index (χ4v) is 2.46. The number of ether oxygens (including phenoxy) is 2. The van der Waals surface area contributed by atoms with E-state index in [0.717, 1.165) is 16.8 Å². The van der Waals surface area contributed by atoms with E-state index in [2.05, 4.69) is 10.4 Å². The number of amides is 1. The molecule has 0 spiro atoms. The Morgan fingerprint density at radius 2 is 1.96 bits per heavy atom. The molecule has 26 heavy (non-hydrogen) atoms. The monoisotopic (exact) mass is 351 g/mol. The van der Waals surface area contributed by atoms with Crippen LogP contribution in [0.4, 0.5) is 0 Å². The molecule has 0 fully saturated rings. The zero-order valence-electron chi connectivity index (χ0n) is 14.8. The van der Waals surface area contributed by atoms with Crippen molar-refractivity contribution < 1.29 is 14.3 Å². The summed E-state index contributed by atoms with van der Waals surface area (Å²) in [5.41, 5.74) is 2.95. The highest BCUT2D eigenvalue weighted by Gasteiger charge is 2.08. The number of nitrogens with zero attached hydrogens (tertiary/aromatic N) is 2. The average molecular weight is 351 g/mol. The summed E-state index contributed by atoms with van der Waals surface area (Å²) in [6.07, 6.45) is 3.62. The molecule has 1 N–H and O–H groups in total. The molecule has 3 rings (SSSR count). The van der Waals surface area contributed by atoms with Crippen molar-refractivity contribution in [3.63, 3.8) is 0 Å². The number of rotatable bonds is 7. The van der Waals surface area contributed by atoms with Gasteiger partial charge >= 0.3 is 0 Å². The Bertz CT molecular complexity index is 875. The Morgan fingerprint density at radius 1 is 1.15 bits per heavy atom. The van der Waals surface area contributed by atoms with Crippen molar-refractivity contribution in [1.29, 1.82) is 0 Å². The van der Waals surface area contributed by atoms with Gasteiger partial charge in [-0.25, -0.2) is 4.68 Å². The Labute approximate surface area is 152 Å². The minimum absolute atomic E-state index is 0.0771. The van der Waals surface area contributed by atoms with E-state index >= 15 is 0 Å². The summed E-state index contributed by atoms with van der Waals surface area (Å²) in [6.45, 7) is 2.28. The largest absolute Gasteiger partial charge is 0.493 e. The number of hydrogen-bond donors (Lipinski definition) is 1. The lowest BCUT2D eigenvalue weighted by Gasteiger charge is -2.11. The first-order valence-corrected chi connectivity index (χ1v) is 8.29. The Kier molecular flexibility index (Phi) is 5.53. The number of methoxy groups -OCH3 is 1. The quantitative estimate of drug-likeness (QED) is 0.711. The number of carbonyl (C=O) groups excluding carboxylic acids is 1. The van der Waals surface area contributed by atoms with E-state index in [1.54, 1.807) is 24.1 Å². The normalized spacial score (nSPS) is 10.4. The number of carbonyl (C=O) groups is 1. The molecule has 1 heterocycles. The van der Waals surface area contributed by atoms with Gasteiger partial charge in [0.05, 0.1) is 19.0 Å². The fraction of sp³-hybridized carbons (Fsp3) is 0.200. The van der Waals surface area contributed by atoms with Crippen LogP contribution in [0.1, 0.15) is 11.1 Å². The maximum absolute atomic E-state index is 12.0. The van der Waals surface area contributed by atoms with Crippen LogP contribution in [0.5, 0.6) is 11.5 Å². The van der Waals surface area contributed by atoms with E-state index in [4.69, 9.17) is 9.47 Å². The second-order valence-electron chi connectivity index (χ2n) is 5.85. The summed E-state index contributed by atoms with van der Waals surface area (Å²) in [5.74, 6) is 0.951. The van der Waals surface area contributed by atoms with Gasteiger partial charge in [0, 0.05) is 18.3 Å². The number of hydrogen-bond acceptors (Lipinski definition) is 4. The Hall–Kier alpha value is -3.28. The second kappa shape index (κ2) is 8.20. The van der Waals surface area contributed by atoms with Crippen molar-refractivity contribution in [1.82, 2.24) is 15.1 Å². The highest BCUT2D eigenvalue weighted by Crippen LogP contribution is 2.27. The summed E-state index contributed by atoms with van der Waals surface area (Å²) in [7, 11) is 1.58. The molecule has 0 aliphatic rings. The highest BCUT2D eigenvalue weighted by atomic mass is 16.5. The summed E-state index contributed by atoms with van der Waals surface area (Å²) < 4.78 is 12.6. The first-order valence-electron chi connectivity index (χ1n) is 8.29. The van der Waals surface area contributed by atoms with Crippen LogP contribution in [-0.2, 0) is 11.3 Å². The topological polar surface area (TPSA) is 65.4 Å². The molecular formula is C20H21N3O3. The number of para-hydroxylation sites is 1. The first-order chi connectivity index (χ1) is 12.7. The molecule has 134 valence electrons. The number of aryl methyl sites for hydroxylation is 1. The van der Waals surface area contributed by atoms with Gasteiger partial charge in [-0.1, -0.05) is 24.3 Å². The van der Waals surface area contributed by atoms with Gasteiger partial charge < -0.3 is 14.8 Å². The third-order valence-electron chi connectivity index (χ3n) is 3.82. The van der Waals surface area contributed by atoms with Gasteiger partial charge in [-0.2, -0.15) is 5.10 Å². The molecule has 3 aromatic rings. The lowest BCUT2D eigenvalue weighted by atomic mass is 10.2. The predicted octanol–water partition coefficient (Wildman–Crippen LogP) is 2.88. The zero-order valence-corrected chi connectivity index (χ0v) is 14.8. The van der Waals surface area contributed by atoms with Crippen molar-refractivity contribution in [2.75, 3.05) is 13.7 Å². The van der Waals surface area contributed by atoms with Crippen LogP contribution in [-0.4, -0.2) is 29.4 Å². The Balaban J connectivity index is 1.51. The minimum Gasteiger partial charge on any atom is -0.493 e. The van der Waals surface area contributed by atoms with Gasteiger partial charge in [0.2, 0.25) is 0 Å². The molecule has 0 radical (unpaired) electrons. The van der Waals surface area contributed by atoms with Crippen molar-refractivity contribution in [2.45, 2.75) is 13.5 Å². The first kappa shape index (κ1) is 17.5. The SMILES string of the molecule is COc1cc(C)ccc1OCC(=O)NCc1cnn(-c2ccccc2)c1. The van der Waals surface area contributed by atoms with Crippen LogP contribution in [0, 0.1) is 6.92 Å². The molecule has 0 unspecified atom stereocenters. The van der Waals surface area contributed by atoms with Crippen LogP contribution in [0.3, 0.4) is 0 Å². The molecule has 0 aliphatic heterocycles. The molecule has 0 bridgehead atoms. The summed E-state index contributed by atoms with van der Waals surface area (Å²) in [6, 6.07) is 15.4. The third kappa shape index (κ3) is 4.42. The molecule has 1 amide bonds. The average Bonchev–Trinajstić information content (AvgIpc) is 3.15. The van der Waals surface area contributed by atoms with E-state index < -0.39 is 0 Å². The van der Waals surface area contributed by atoms with E-state index in [1.807, 2.05) is 55.6 Å². The van der Waals surface area contributed by atoms with E-state index in [-0.39, 0.29) is 12.5 Å². The number of nitrogens with one attached hydrogen (secondary N) is 1. The van der Waals surface area contributed by atoms with E-state index in [0.29, 0.717) is 18.0 Å². The minimum atomic E-state index is -0.208. The molecule has 0 aliphatic carbocycles. The van der Waals surface area contributed by atoms with Crippen LogP contribution in [0.25, 0.3) is 5.69 Å². The van der Waals surface area contributed by atoms with Crippen molar-refractivity contribution in [3.05, 3.63) is 72.1 Å². The molecule has 0 saturated carbocycles. The standard InChI is InChI=1S/C20H21N3O3/c1-15-8-9-18(19(10-15)25-2)26-14-20(24)21-11-16-12-22-23(13-16)17-6-4-3-5-7-17/h3-10,12-13H,11,14H2,1-2H3,(H,21,24). The van der Waals surface area contributed by atoms with Crippen molar-refractivity contribution in [3.8, 4) is 17.2 Å². The molecule has 6 nitrogen and oxygen atoms in total. The van der Waals surface area contributed by atoms with Crippen molar-refractivity contribution >= 4 is 5.91 Å².